The van der Waals surface area contributed by atoms with Crippen molar-refractivity contribution in [1.29, 1.82) is 0 Å². The first-order valence-corrected chi connectivity index (χ1v) is 11.3. The molecule has 0 N–H and O–H groups in total. The lowest BCUT2D eigenvalue weighted by molar-refractivity contribution is 0.215. The Hall–Kier alpha value is -2.13. The lowest BCUT2D eigenvalue weighted by atomic mass is 10.2. The fourth-order valence-electron chi connectivity index (χ4n) is 3.21. The van der Waals surface area contributed by atoms with Crippen LogP contribution < -0.4 is 9.64 Å². The molecular weight excluding hydrogens is 516 g/mol. The van der Waals surface area contributed by atoms with Crippen molar-refractivity contribution in [3.63, 3.8) is 0 Å². The van der Waals surface area contributed by atoms with Gasteiger partial charge in [0.2, 0.25) is 0 Å². The van der Waals surface area contributed by atoms with Gasteiger partial charge in [0, 0.05) is 37.7 Å². The van der Waals surface area contributed by atoms with Gasteiger partial charge in [-0.25, -0.2) is 4.79 Å². The van der Waals surface area contributed by atoms with Crippen LogP contribution in [0.25, 0.3) is 0 Å². The Kier molecular flexibility index (Phi) is 8.50. The van der Waals surface area contributed by atoms with Crippen LogP contribution in [0.3, 0.4) is 0 Å². The number of rotatable bonds is 10. The van der Waals surface area contributed by atoms with E-state index in [1.807, 2.05) is 29.2 Å². The molecule has 1 fully saturated rings. The Morgan fingerprint density at radius 3 is 2.57 bits per heavy atom. The molecule has 1 aromatic heterocycles. The van der Waals surface area contributed by atoms with Crippen LogP contribution in [0.1, 0.15) is 24.8 Å². The van der Waals surface area contributed by atoms with Crippen molar-refractivity contribution in [3.8, 4) is 5.75 Å². The first kappa shape index (κ1) is 22.6. The summed E-state index contributed by atoms with van der Waals surface area (Å²) in [5.74, 6) is 0.771. The van der Waals surface area contributed by atoms with Crippen molar-refractivity contribution < 1.29 is 14.4 Å². The molecule has 30 heavy (non-hydrogen) atoms. The third-order valence-corrected chi connectivity index (χ3v) is 5.89. The van der Waals surface area contributed by atoms with Crippen molar-refractivity contribution >= 4 is 49.8 Å². The lowest BCUT2D eigenvalue weighted by Crippen LogP contribution is -2.32. The van der Waals surface area contributed by atoms with E-state index in [0.29, 0.717) is 6.61 Å². The molecule has 0 radical (unpaired) electrons. The van der Waals surface area contributed by atoms with E-state index in [-0.39, 0.29) is 6.03 Å². The van der Waals surface area contributed by atoms with Gasteiger partial charge in [0.15, 0.2) is 0 Å². The summed E-state index contributed by atoms with van der Waals surface area (Å²) in [6.45, 7) is 2.86. The van der Waals surface area contributed by atoms with Crippen LogP contribution in [0.5, 0.6) is 5.75 Å². The third-order valence-electron chi connectivity index (χ3n) is 4.72. The number of aromatic nitrogens is 1. The molecule has 0 spiro atoms. The molecule has 1 aliphatic rings. The number of urea groups is 1. The molecule has 9 heteroatoms. The molecule has 2 heterocycles. The fraction of sp³-hybridized carbons (Fsp3) is 0.381. The molecular formula is C21H24Br2N4O3. The van der Waals surface area contributed by atoms with E-state index < -0.39 is 0 Å². The summed E-state index contributed by atoms with van der Waals surface area (Å²) < 4.78 is 7.64. The highest BCUT2D eigenvalue weighted by Gasteiger charge is 2.28. The van der Waals surface area contributed by atoms with Crippen molar-refractivity contribution in [2.75, 3.05) is 38.3 Å². The highest BCUT2D eigenvalue weighted by Crippen LogP contribution is 2.34. The van der Waals surface area contributed by atoms with Gasteiger partial charge in [-0.2, -0.15) is 0 Å². The van der Waals surface area contributed by atoms with Crippen molar-refractivity contribution in [3.05, 3.63) is 51.2 Å². The maximum absolute atomic E-state index is 12.6. The molecule has 0 saturated carbocycles. The topological polar surface area (TPSA) is 67.3 Å². The van der Waals surface area contributed by atoms with Crippen LogP contribution in [0.2, 0.25) is 0 Å². The number of pyridine rings is 1. The van der Waals surface area contributed by atoms with E-state index in [9.17, 15) is 4.79 Å². The van der Waals surface area contributed by atoms with Crippen LogP contribution >= 0.6 is 31.9 Å². The highest BCUT2D eigenvalue weighted by atomic mass is 79.9. The van der Waals surface area contributed by atoms with Crippen LogP contribution in [0.15, 0.2) is 50.8 Å². The van der Waals surface area contributed by atoms with E-state index in [0.717, 1.165) is 64.8 Å². The maximum atomic E-state index is 12.6. The molecule has 1 saturated heterocycles. The molecule has 0 atom stereocenters. The average Bonchev–Trinajstić information content (AvgIpc) is 3.11. The molecule has 7 nitrogen and oxygen atoms in total. The molecule has 2 aromatic rings. The number of ether oxygens (including phenoxy) is 1. The van der Waals surface area contributed by atoms with Gasteiger partial charge in [0.1, 0.15) is 12.9 Å². The second-order valence-corrected chi connectivity index (χ2v) is 8.48. The molecule has 0 unspecified atom stereocenters. The molecule has 1 aliphatic heterocycles. The Bertz CT molecular complexity index is 857. The minimum absolute atomic E-state index is 0.0717. The molecule has 160 valence electrons. The van der Waals surface area contributed by atoms with E-state index in [4.69, 9.17) is 9.57 Å². The van der Waals surface area contributed by atoms with Crippen LogP contribution in [-0.2, 0) is 4.84 Å². The average molecular weight is 540 g/mol. The number of hydrogen-bond acceptors (Lipinski definition) is 5. The van der Waals surface area contributed by atoms with Gasteiger partial charge in [0.25, 0.3) is 0 Å². The highest BCUT2D eigenvalue weighted by molar-refractivity contribution is 9.11. The Morgan fingerprint density at radius 1 is 1.13 bits per heavy atom. The van der Waals surface area contributed by atoms with Crippen LogP contribution in [0, 0.1) is 0 Å². The van der Waals surface area contributed by atoms with E-state index in [2.05, 4.69) is 42.0 Å². The summed E-state index contributed by atoms with van der Waals surface area (Å²) in [5.41, 5.74) is 1.81. The van der Waals surface area contributed by atoms with Crippen molar-refractivity contribution in [2.24, 2.45) is 5.16 Å². The third kappa shape index (κ3) is 5.95. The standard InChI is InChI=1S/C21H24Br2N4O3/c1-29-25-15-16-13-18(22)20(19(23)14-16)30-12-4-2-3-9-26-10-11-27(21(26)28)17-5-7-24-8-6-17/h5-8,13-15H,2-4,9-12H2,1H3. The number of carbonyl (C=O) groups is 1. The van der Waals surface area contributed by atoms with Crippen molar-refractivity contribution in [2.45, 2.75) is 19.3 Å². The zero-order chi connectivity index (χ0) is 21.3. The zero-order valence-corrected chi connectivity index (χ0v) is 19.9. The van der Waals surface area contributed by atoms with Gasteiger partial charge in [-0.05, 0) is 81.0 Å². The number of unbranched alkanes of at least 4 members (excludes halogenated alkanes) is 2. The summed E-state index contributed by atoms with van der Waals surface area (Å²) in [4.78, 5) is 25.0. The van der Waals surface area contributed by atoms with Gasteiger partial charge in [-0.15, -0.1) is 0 Å². The number of halogens is 2. The first-order chi connectivity index (χ1) is 14.6. The first-order valence-electron chi connectivity index (χ1n) is 9.75. The maximum Gasteiger partial charge on any atom is 0.324 e. The van der Waals surface area contributed by atoms with Crippen molar-refractivity contribution in [1.82, 2.24) is 9.88 Å². The second kappa shape index (κ2) is 11.3. The molecule has 0 bridgehead atoms. The van der Waals surface area contributed by atoms with Crippen LogP contribution in [0.4, 0.5) is 10.5 Å². The van der Waals surface area contributed by atoms with Gasteiger partial charge >= 0.3 is 6.03 Å². The summed E-state index contributed by atoms with van der Waals surface area (Å²) in [5, 5.41) is 3.77. The Balaban J connectivity index is 1.38. The number of oxime groups is 1. The molecule has 2 amide bonds. The summed E-state index contributed by atoms with van der Waals surface area (Å²) in [7, 11) is 1.51. The van der Waals surface area contributed by atoms with Gasteiger partial charge < -0.3 is 14.5 Å². The second-order valence-electron chi connectivity index (χ2n) is 6.77. The monoisotopic (exact) mass is 538 g/mol. The number of hydrogen-bond donors (Lipinski definition) is 0. The van der Waals surface area contributed by atoms with Crippen LogP contribution in [-0.4, -0.2) is 55.5 Å². The zero-order valence-electron chi connectivity index (χ0n) is 16.8. The summed E-state index contributed by atoms with van der Waals surface area (Å²) >= 11 is 7.08. The Morgan fingerprint density at radius 2 is 1.87 bits per heavy atom. The minimum Gasteiger partial charge on any atom is -0.491 e. The summed E-state index contributed by atoms with van der Waals surface area (Å²) in [6, 6.07) is 7.66. The van der Waals surface area contributed by atoms with E-state index in [1.165, 1.54) is 7.11 Å². The molecule has 3 rings (SSSR count). The normalized spacial score (nSPS) is 14.0. The van der Waals surface area contributed by atoms with E-state index >= 15 is 0 Å². The molecule has 1 aromatic carbocycles. The van der Waals surface area contributed by atoms with Gasteiger partial charge in [-0.1, -0.05) is 5.16 Å². The number of anilines is 1. The van der Waals surface area contributed by atoms with Gasteiger partial charge in [0.05, 0.1) is 21.8 Å². The number of carbonyl (C=O) groups excluding carboxylic acids is 1. The smallest absolute Gasteiger partial charge is 0.324 e. The van der Waals surface area contributed by atoms with E-state index in [1.54, 1.807) is 23.5 Å². The predicted molar refractivity (Wildman–Crippen MR) is 124 cm³/mol. The Labute approximate surface area is 193 Å². The SMILES string of the molecule is CON=Cc1cc(Br)c(OCCCCCN2CCN(c3ccncc3)C2=O)c(Br)c1. The predicted octanol–water partition coefficient (Wildman–Crippen LogP) is 5.08. The number of benzene rings is 1. The molecule has 0 aliphatic carbocycles. The van der Waals surface area contributed by atoms with Gasteiger partial charge in [-0.3, -0.25) is 9.88 Å². The quantitative estimate of drug-likeness (QED) is 0.240. The number of nitrogens with zero attached hydrogens (tertiary/aromatic N) is 4. The largest absolute Gasteiger partial charge is 0.491 e. The number of amides is 2. The summed E-state index contributed by atoms with van der Waals surface area (Å²) in [6.07, 6.45) is 7.92. The fourth-order valence-corrected chi connectivity index (χ4v) is 4.67. The lowest BCUT2D eigenvalue weighted by Gasteiger charge is -2.18. The minimum atomic E-state index is 0.0717.